The van der Waals surface area contributed by atoms with E-state index in [1.807, 2.05) is 31.0 Å². The minimum atomic E-state index is -0.108. The lowest BCUT2D eigenvalue weighted by molar-refractivity contribution is 0.0841. The number of carbonyl (C=O) groups excluding carboxylic acids is 1. The fourth-order valence-corrected chi connectivity index (χ4v) is 4.45. The first kappa shape index (κ1) is 17.5. The van der Waals surface area contributed by atoms with Crippen molar-refractivity contribution in [1.29, 1.82) is 0 Å². The maximum Gasteiger partial charge on any atom is 0.262 e. The average Bonchev–Trinajstić information content (AvgIpc) is 3.19. The van der Waals surface area contributed by atoms with Gasteiger partial charge >= 0.3 is 0 Å². The van der Waals surface area contributed by atoms with Crippen LogP contribution in [-0.4, -0.2) is 28.8 Å². The van der Waals surface area contributed by atoms with Crippen LogP contribution >= 0.6 is 22.9 Å². The summed E-state index contributed by atoms with van der Waals surface area (Å²) in [6, 6.07) is 0. The molecule has 0 aliphatic carbocycles. The van der Waals surface area contributed by atoms with Crippen LogP contribution in [0.4, 0.5) is 0 Å². The fourth-order valence-electron chi connectivity index (χ4n) is 3.25. The molecule has 2 atom stereocenters. The summed E-state index contributed by atoms with van der Waals surface area (Å²) in [7, 11) is 1.94. The third-order valence-corrected chi connectivity index (χ3v) is 6.39. The second kappa shape index (κ2) is 6.86. The van der Waals surface area contributed by atoms with E-state index in [2.05, 4.69) is 17.3 Å². The van der Waals surface area contributed by atoms with Gasteiger partial charge in [-0.15, -0.1) is 11.3 Å². The highest BCUT2D eigenvalue weighted by molar-refractivity contribution is 7.13. The van der Waals surface area contributed by atoms with Crippen LogP contribution < -0.4 is 5.32 Å². The Morgan fingerprint density at radius 3 is 2.83 bits per heavy atom. The molecule has 0 spiro atoms. The van der Waals surface area contributed by atoms with Crippen molar-refractivity contribution in [3.8, 4) is 0 Å². The van der Waals surface area contributed by atoms with Gasteiger partial charge in [0.25, 0.3) is 5.91 Å². The molecular formula is C17H22ClN3O2S. The van der Waals surface area contributed by atoms with Gasteiger partial charge in [0.05, 0.1) is 16.8 Å². The number of halogens is 1. The van der Waals surface area contributed by atoms with E-state index in [0.29, 0.717) is 23.1 Å². The molecule has 0 radical (unpaired) electrons. The molecule has 1 fully saturated rings. The number of ether oxygens (including phenoxy) is 1. The van der Waals surface area contributed by atoms with E-state index in [-0.39, 0.29) is 17.9 Å². The van der Waals surface area contributed by atoms with E-state index in [0.717, 1.165) is 28.9 Å². The van der Waals surface area contributed by atoms with Crippen molar-refractivity contribution in [1.82, 2.24) is 15.1 Å². The normalized spacial score (nSPS) is 20.5. The van der Waals surface area contributed by atoms with Crippen molar-refractivity contribution in [3.05, 3.63) is 37.8 Å². The Morgan fingerprint density at radius 2 is 2.25 bits per heavy atom. The first-order chi connectivity index (χ1) is 11.4. The largest absolute Gasteiger partial charge is 0.373 e. The van der Waals surface area contributed by atoms with Crippen LogP contribution in [0.2, 0.25) is 5.02 Å². The van der Waals surface area contributed by atoms with Gasteiger partial charge in [-0.05, 0) is 38.1 Å². The fraction of sp³-hybridized carbons (Fsp3) is 0.529. The number of hydrogen-bond donors (Lipinski definition) is 1. The standard InChI is InChI=1S/C17H22ClN3O2S/c1-9-8-24-16(14(9)18)17(22)19-7-12-5-6-23-15(12)13-10(2)20-21(4)11(13)3/h8,12,15H,5-7H2,1-4H3,(H,19,22)/t12-,15+/m0/s1. The summed E-state index contributed by atoms with van der Waals surface area (Å²) in [6.07, 6.45) is 0.912. The molecule has 5 nitrogen and oxygen atoms in total. The molecule has 1 saturated heterocycles. The zero-order chi connectivity index (χ0) is 17.4. The van der Waals surface area contributed by atoms with Gasteiger partial charge in [-0.2, -0.15) is 5.10 Å². The molecule has 1 N–H and O–H groups in total. The van der Waals surface area contributed by atoms with Crippen molar-refractivity contribution in [2.45, 2.75) is 33.3 Å². The highest BCUT2D eigenvalue weighted by atomic mass is 35.5. The number of aryl methyl sites for hydroxylation is 3. The van der Waals surface area contributed by atoms with Crippen LogP contribution in [0.5, 0.6) is 0 Å². The number of aromatic nitrogens is 2. The predicted octanol–water partition coefficient (Wildman–Crippen LogP) is 3.57. The van der Waals surface area contributed by atoms with Crippen LogP contribution in [0.25, 0.3) is 0 Å². The van der Waals surface area contributed by atoms with Gasteiger partial charge in [-0.3, -0.25) is 9.48 Å². The van der Waals surface area contributed by atoms with Gasteiger partial charge in [0.2, 0.25) is 0 Å². The van der Waals surface area contributed by atoms with Crippen LogP contribution in [0.1, 0.15) is 44.7 Å². The topological polar surface area (TPSA) is 56.1 Å². The predicted molar refractivity (Wildman–Crippen MR) is 95.9 cm³/mol. The molecule has 130 valence electrons. The van der Waals surface area contributed by atoms with Crippen LogP contribution in [0, 0.1) is 26.7 Å². The van der Waals surface area contributed by atoms with Gasteiger partial charge in [0, 0.05) is 37.4 Å². The van der Waals surface area contributed by atoms with Crippen LogP contribution in [-0.2, 0) is 11.8 Å². The molecule has 1 aliphatic rings. The number of rotatable bonds is 4. The lowest BCUT2D eigenvalue weighted by Crippen LogP contribution is -2.30. The third-order valence-electron chi connectivity index (χ3n) is 4.69. The molecule has 2 aromatic rings. The number of nitrogens with zero attached hydrogens (tertiary/aromatic N) is 2. The van der Waals surface area contributed by atoms with Gasteiger partial charge in [0.1, 0.15) is 4.88 Å². The summed E-state index contributed by atoms with van der Waals surface area (Å²) >= 11 is 7.57. The monoisotopic (exact) mass is 367 g/mol. The lowest BCUT2D eigenvalue weighted by Gasteiger charge is -2.19. The molecule has 1 aliphatic heterocycles. The minimum Gasteiger partial charge on any atom is -0.373 e. The maximum absolute atomic E-state index is 12.4. The Morgan fingerprint density at radius 1 is 1.50 bits per heavy atom. The molecule has 3 heterocycles. The van der Waals surface area contributed by atoms with E-state index in [9.17, 15) is 4.79 Å². The summed E-state index contributed by atoms with van der Waals surface area (Å²) in [5, 5.41) is 9.96. The molecule has 7 heteroatoms. The highest BCUT2D eigenvalue weighted by Crippen LogP contribution is 2.37. The van der Waals surface area contributed by atoms with Crippen molar-refractivity contribution >= 4 is 28.8 Å². The van der Waals surface area contributed by atoms with E-state index >= 15 is 0 Å². The molecular weight excluding hydrogens is 346 g/mol. The maximum atomic E-state index is 12.4. The van der Waals surface area contributed by atoms with Gasteiger partial charge < -0.3 is 10.1 Å². The van der Waals surface area contributed by atoms with Crippen molar-refractivity contribution < 1.29 is 9.53 Å². The highest BCUT2D eigenvalue weighted by Gasteiger charge is 2.34. The van der Waals surface area contributed by atoms with Crippen molar-refractivity contribution in [2.24, 2.45) is 13.0 Å². The average molecular weight is 368 g/mol. The number of amides is 1. The molecule has 0 bridgehead atoms. The number of nitrogens with one attached hydrogen (secondary N) is 1. The molecule has 0 unspecified atom stereocenters. The molecule has 0 saturated carbocycles. The molecule has 2 aromatic heterocycles. The van der Waals surface area contributed by atoms with Gasteiger partial charge in [-0.25, -0.2) is 0 Å². The van der Waals surface area contributed by atoms with Gasteiger partial charge in [-0.1, -0.05) is 11.6 Å². The van der Waals surface area contributed by atoms with E-state index in [4.69, 9.17) is 16.3 Å². The summed E-state index contributed by atoms with van der Waals surface area (Å²) in [4.78, 5) is 13.0. The minimum absolute atomic E-state index is 0.0143. The molecule has 3 rings (SSSR count). The Balaban J connectivity index is 1.70. The Hall–Kier alpha value is -1.37. The second-order valence-corrected chi connectivity index (χ2v) is 7.58. The van der Waals surface area contributed by atoms with Crippen molar-refractivity contribution in [3.63, 3.8) is 0 Å². The summed E-state index contributed by atoms with van der Waals surface area (Å²) < 4.78 is 7.85. The molecule has 1 amide bonds. The van der Waals surface area contributed by atoms with Crippen molar-refractivity contribution in [2.75, 3.05) is 13.2 Å². The van der Waals surface area contributed by atoms with E-state index in [1.165, 1.54) is 11.3 Å². The number of thiophene rings is 1. The van der Waals surface area contributed by atoms with Crippen LogP contribution in [0.15, 0.2) is 5.38 Å². The summed E-state index contributed by atoms with van der Waals surface area (Å²) in [6.45, 7) is 7.25. The summed E-state index contributed by atoms with van der Waals surface area (Å²) in [5.74, 6) is 0.138. The SMILES string of the molecule is Cc1csc(C(=O)NC[C@@H]2CCO[C@H]2c2c(C)nn(C)c2C)c1Cl. The van der Waals surface area contributed by atoms with E-state index in [1.54, 1.807) is 0 Å². The van der Waals surface area contributed by atoms with Crippen LogP contribution in [0.3, 0.4) is 0 Å². The smallest absolute Gasteiger partial charge is 0.262 e. The first-order valence-electron chi connectivity index (χ1n) is 8.03. The third kappa shape index (κ3) is 3.10. The quantitative estimate of drug-likeness (QED) is 0.898. The Kier molecular flexibility index (Phi) is 4.99. The first-order valence-corrected chi connectivity index (χ1v) is 9.29. The molecule has 0 aromatic carbocycles. The zero-order valence-corrected chi connectivity index (χ0v) is 15.9. The lowest BCUT2D eigenvalue weighted by atomic mass is 9.94. The zero-order valence-electron chi connectivity index (χ0n) is 14.4. The Labute approximate surface area is 151 Å². The molecule has 24 heavy (non-hydrogen) atoms. The van der Waals surface area contributed by atoms with Gasteiger partial charge in [0.15, 0.2) is 0 Å². The Bertz CT molecular complexity index is 768. The second-order valence-electron chi connectivity index (χ2n) is 6.32. The summed E-state index contributed by atoms with van der Waals surface area (Å²) in [5.41, 5.74) is 4.21. The number of carbonyl (C=O) groups is 1. The van der Waals surface area contributed by atoms with E-state index < -0.39 is 0 Å². The number of hydrogen-bond acceptors (Lipinski definition) is 4.